The fourth-order valence-electron chi connectivity index (χ4n) is 4.66. The third-order valence-corrected chi connectivity index (χ3v) is 6.63. The van der Waals surface area contributed by atoms with Crippen molar-refractivity contribution in [2.24, 2.45) is 0 Å². The fraction of sp³-hybridized carbons (Fsp3) is 0.343. The normalized spacial score (nSPS) is 21.3. The fourth-order valence-corrected chi connectivity index (χ4v) is 4.66. The molecule has 1 amide bonds. The molecule has 1 fully saturated rings. The molecule has 0 unspecified atom stereocenters. The molecule has 4 rings (SSSR count). The zero-order chi connectivity index (χ0) is 29.4. The van der Waals surface area contributed by atoms with E-state index in [0.29, 0.717) is 26.2 Å². The van der Waals surface area contributed by atoms with Crippen LogP contribution in [0.3, 0.4) is 0 Å². The molecule has 1 aliphatic rings. The average molecular weight is 568 g/mol. The Hall–Kier alpha value is -3.95. The first-order chi connectivity index (χ1) is 20.6. The molecule has 0 spiro atoms. The lowest BCUT2D eigenvalue weighted by atomic mass is 9.92. The number of aliphatic hydroxyl groups is 1. The Balaban J connectivity index is 1.63. The molecule has 7 heteroatoms. The number of carbonyl (C=O) groups is 1. The maximum atomic E-state index is 12.4. The molecule has 1 heterocycles. The summed E-state index contributed by atoms with van der Waals surface area (Å²) in [6.45, 7) is 2.67. The molecule has 0 aliphatic carbocycles. The largest absolute Gasteiger partial charge is 0.395 e. The Morgan fingerprint density at radius 2 is 1.36 bits per heavy atom. The second-order valence-electron chi connectivity index (χ2n) is 9.89. The number of nitrogens with one attached hydrogen (secondary N) is 1. The zero-order valence-electron chi connectivity index (χ0n) is 23.8. The van der Waals surface area contributed by atoms with Crippen LogP contribution in [0.5, 0.6) is 0 Å². The molecule has 3 aromatic rings. The van der Waals surface area contributed by atoms with E-state index in [9.17, 15) is 4.79 Å². The van der Waals surface area contributed by atoms with Crippen LogP contribution in [0.1, 0.15) is 30.0 Å². The van der Waals surface area contributed by atoms with Gasteiger partial charge < -0.3 is 29.4 Å². The predicted octanol–water partition coefficient (Wildman–Crippen LogP) is 4.04. The van der Waals surface area contributed by atoms with Crippen molar-refractivity contribution in [1.82, 2.24) is 5.32 Å². The number of ether oxygens (including phenoxy) is 4. The van der Waals surface area contributed by atoms with E-state index in [1.54, 1.807) is 0 Å². The molecule has 1 aliphatic heterocycles. The van der Waals surface area contributed by atoms with Crippen molar-refractivity contribution in [1.29, 1.82) is 0 Å². The van der Waals surface area contributed by atoms with Crippen LogP contribution in [0.15, 0.2) is 91.0 Å². The van der Waals surface area contributed by atoms with Crippen molar-refractivity contribution in [3.8, 4) is 23.7 Å². The summed E-state index contributed by atoms with van der Waals surface area (Å²) in [7, 11) is 0. The maximum Gasteiger partial charge on any atom is 0.217 e. The van der Waals surface area contributed by atoms with E-state index in [-0.39, 0.29) is 19.1 Å². The van der Waals surface area contributed by atoms with Gasteiger partial charge in [-0.3, -0.25) is 4.79 Å². The summed E-state index contributed by atoms with van der Waals surface area (Å²) in [6, 6.07) is 29.0. The van der Waals surface area contributed by atoms with Gasteiger partial charge in [-0.15, -0.1) is 0 Å². The Kier molecular flexibility index (Phi) is 12.6. The van der Waals surface area contributed by atoms with Gasteiger partial charge >= 0.3 is 0 Å². The Bertz CT molecular complexity index is 1340. The molecular weight excluding hydrogens is 530 g/mol. The minimum absolute atomic E-state index is 0.0419. The molecule has 0 bridgehead atoms. The second kappa shape index (κ2) is 17.1. The highest BCUT2D eigenvalue weighted by atomic mass is 16.6. The van der Waals surface area contributed by atoms with Crippen LogP contribution in [0.2, 0.25) is 0 Å². The van der Waals surface area contributed by atoms with Crippen molar-refractivity contribution in [3.05, 3.63) is 108 Å². The molecule has 2 N–H and O–H groups in total. The third kappa shape index (κ3) is 9.85. The summed E-state index contributed by atoms with van der Waals surface area (Å²) in [6.07, 6.45) is -2.15. The van der Waals surface area contributed by atoms with Gasteiger partial charge in [0, 0.05) is 13.3 Å². The van der Waals surface area contributed by atoms with E-state index in [1.165, 1.54) is 6.92 Å². The van der Waals surface area contributed by atoms with Gasteiger partial charge in [0.25, 0.3) is 0 Å². The van der Waals surface area contributed by atoms with Crippen LogP contribution >= 0.6 is 0 Å². The topological polar surface area (TPSA) is 86.3 Å². The van der Waals surface area contributed by atoms with Crippen molar-refractivity contribution in [2.45, 2.75) is 63.6 Å². The minimum atomic E-state index is -0.736. The summed E-state index contributed by atoms with van der Waals surface area (Å²) < 4.78 is 25.7. The van der Waals surface area contributed by atoms with Gasteiger partial charge in [-0.05, 0) is 28.5 Å². The molecule has 218 valence electrons. The molecule has 0 saturated carbocycles. The first-order valence-electron chi connectivity index (χ1n) is 14.1. The predicted molar refractivity (Wildman–Crippen MR) is 160 cm³/mol. The first-order valence-corrected chi connectivity index (χ1v) is 14.1. The lowest BCUT2D eigenvalue weighted by Gasteiger charge is -2.45. The van der Waals surface area contributed by atoms with E-state index in [1.807, 2.05) is 91.0 Å². The third-order valence-electron chi connectivity index (χ3n) is 6.63. The number of benzene rings is 3. The van der Waals surface area contributed by atoms with Gasteiger partial charge in [-0.25, -0.2) is 0 Å². The summed E-state index contributed by atoms with van der Waals surface area (Å²) in [5.41, 5.74) is 3.03. The summed E-state index contributed by atoms with van der Waals surface area (Å²) in [4.78, 5) is 12.4. The molecular formula is C35H37NO6. The second-order valence-corrected chi connectivity index (χ2v) is 9.89. The monoisotopic (exact) mass is 567 g/mol. The first kappa shape index (κ1) is 31.0. The van der Waals surface area contributed by atoms with Gasteiger partial charge in [0.05, 0.1) is 39.1 Å². The average Bonchev–Trinajstić information content (AvgIpc) is 3.01. The lowest BCUT2D eigenvalue weighted by molar-refractivity contribution is -0.222. The van der Waals surface area contributed by atoms with Gasteiger partial charge in [-0.2, -0.15) is 0 Å². The van der Waals surface area contributed by atoms with Crippen molar-refractivity contribution in [2.75, 3.05) is 13.2 Å². The summed E-state index contributed by atoms with van der Waals surface area (Å²) >= 11 is 0. The van der Waals surface area contributed by atoms with Gasteiger partial charge in [0.2, 0.25) is 5.91 Å². The van der Waals surface area contributed by atoms with E-state index in [4.69, 9.17) is 24.1 Å². The van der Waals surface area contributed by atoms with Crippen LogP contribution < -0.4 is 5.32 Å². The van der Waals surface area contributed by atoms with Gasteiger partial charge in [0.15, 0.2) is 0 Å². The minimum Gasteiger partial charge on any atom is -0.395 e. The Labute approximate surface area is 248 Å². The molecule has 1 saturated heterocycles. The molecule has 5 atom stereocenters. The van der Waals surface area contributed by atoms with Crippen molar-refractivity contribution in [3.63, 3.8) is 0 Å². The van der Waals surface area contributed by atoms with E-state index in [0.717, 1.165) is 16.7 Å². The molecule has 0 aromatic heterocycles. The quantitative estimate of drug-likeness (QED) is 0.322. The maximum absolute atomic E-state index is 12.4. The van der Waals surface area contributed by atoms with Crippen LogP contribution in [0, 0.1) is 23.7 Å². The number of aliphatic hydroxyl groups excluding tert-OH is 1. The van der Waals surface area contributed by atoms with Crippen LogP contribution in [-0.2, 0) is 43.6 Å². The van der Waals surface area contributed by atoms with Crippen LogP contribution in [0.4, 0.5) is 0 Å². The Morgan fingerprint density at radius 3 is 1.90 bits per heavy atom. The smallest absolute Gasteiger partial charge is 0.217 e. The highest BCUT2D eigenvalue weighted by molar-refractivity contribution is 5.73. The number of carbonyl (C=O) groups excluding carboxylic acids is 1. The summed E-state index contributed by atoms with van der Waals surface area (Å²) in [5.74, 6) is 11.2. The molecule has 7 nitrogen and oxygen atoms in total. The number of rotatable bonds is 12. The van der Waals surface area contributed by atoms with Gasteiger partial charge in [-0.1, -0.05) is 103 Å². The Morgan fingerprint density at radius 1 is 0.810 bits per heavy atom. The van der Waals surface area contributed by atoms with Gasteiger partial charge in [0.1, 0.15) is 24.4 Å². The van der Waals surface area contributed by atoms with E-state index < -0.39 is 30.5 Å². The van der Waals surface area contributed by atoms with Crippen molar-refractivity contribution < 1.29 is 28.8 Å². The highest BCUT2D eigenvalue weighted by Gasteiger charge is 2.47. The van der Waals surface area contributed by atoms with Crippen molar-refractivity contribution >= 4 is 5.91 Å². The SMILES string of the molecule is CC(=O)N[C@@H]1[C@@H](OCc2ccccc2)[C@@H](OCc2ccccc2)[C@@H](COCc2ccccc2)O[C@@H]1C#CC#CCCO. The van der Waals surface area contributed by atoms with Crippen LogP contribution in [-0.4, -0.2) is 54.7 Å². The van der Waals surface area contributed by atoms with E-state index in [2.05, 4.69) is 29.0 Å². The van der Waals surface area contributed by atoms with Crippen LogP contribution in [0.25, 0.3) is 0 Å². The lowest BCUT2D eigenvalue weighted by Crippen LogP contribution is -2.65. The standard InChI is InChI=1S/C35H37NO6/c1-27(38)36-33-31(21-13-2-3-14-22-37)42-32(26-39-23-28-15-7-4-8-16-28)34(40-24-29-17-9-5-10-18-29)35(33)41-25-30-19-11-6-12-20-30/h4-12,15-20,31-35,37H,14,22-26H2,1H3,(H,36,38)/t31-,32-,33+,34+,35-/m1/s1. The number of amides is 1. The number of hydrogen-bond donors (Lipinski definition) is 2. The molecule has 42 heavy (non-hydrogen) atoms. The summed E-state index contributed by atoms with van der Waals surface area (Å²) in [5, 5.41) is 12.0. The molecule has 0 radical (unpaired) electrons. The molecule has 3 aromatic carbocycles. The highest BCUT2D eigenvalue weighted by Crippen LogP contribution is 2.28. The van der Waals surface area contributed by atoms with E-state index >= 15 is 0 Å². The number of hydrogen-bond acceptors (Lipinski definition) is 6. The zero-order valence-corrected chi connectivity index (χ0v) is 23.8.